The molecular weight excluding hydrogens is 394 g/mol. The van der Waals surface area contributed by atoms with Crippen LogP contribution in [0.25, 0.3) is 33.0 Å². The molecule has 0 atom stereocenters. The predicted octanol–water partition coefficient (Wildman–Crippen LogP) is 6.11. The Labute approximate surface area is 186 Å². The van der Waals surface area contributed by atoms with Gasteiger partial charge in [0.05, 0.1) is 33.3 Å². The zero-order valence-electron chi connectivity index (χ0n) is 18.1. The van der Waals surface area contributed by atoms with E-state index in [1.165, 1.54) is 5.39 Å². The first kappa shape index (κ1) is 21.0. The number of hydrogen-bond donors (Lipinski definition) is 0. The molecule has 6 aromatic rings. The summed E-state index contributed by atoms with van der Waals surface area (Å²) in [4.78, 5) is 21.1. The first-order valence-electron chi connectivity index (χ1n) is 10.4. The number of fused-ring (bicyclic) bond motifs is 3. The average molecular weight is 418 g/mol. The summed E-state index contributed by atoms with van der Waals surface area (Å²) in [5, 5.41) is 1.21. The summed E-state index contributed by atoms with van der Waals surface area (Å²) in [5.74, 6) is 0. The van der Waals surface area contributed by atoms with E-state index in [1.54, 1.807) is 18.6 Å². The molecule has 3 aromatic carbocycles. The highest BCUT2D eigenvalue weighted by Crippen LogP contribution is 2.10. The Balaban J connectivity index is 0.000000115. The van der Waals surface area contributed by atoms with Gasteiger partial charge in [-0.3, -0.25) is 19.9 Å². The van der Waals surface area contributed by atoms with E-state index in [0.29, 0.717) is 0 Å². The lowest BCUT2D eigenvalue weighted by molar-refractivity contribution is 1.19. The number of rotatable bonds is 0. The molecule has 0 aliphatic carbocycles. The second-order valence-corrected chi connectivity index (χ2v) is 7.19. The Bertz CT molecular complexity index is 1320. The van der Waals surface area contributed by atoms with Gasteiger partial charge in [-0.15, -0.1) is 0 Å². The molecule has 0 N–H and O–H groups in total. The highest BCUT2D eigenvalue weighted by Gasteiger charge is 1.93. The second kappa shape index (κ2) is 10.2. The van der Waals surface area contributed by atoms with Crippen LogP contribution in [0.3, 0.4) is 0 Å². The Morgan fingerprint density at radius 2 is 0.938 bits per heavy atom. The zero-order chi connectivity index (χ0) is 22.2. The van der Waals surface area contributed by atoms with Crippen molar-refractivity contribution in [2.75, 3.05) is 0 Å². The van der Waals surface area contributed by atoms with Crippen molar-refractivity contribution in [1.82, 2.24) is 24.9 Å². The molecule has 5 heteroatoms. The number of para-hydroxylation sites is 5. The van der Waals surface area contributed by atoms with Gasteiger partial charge in [0.15, 0.2) is 0 Å². The monoisotopic (exact) mass is 417 g/mol. The van der Waals surface area contributed by atoms with Gasteiger partial charge in [-0.05, 0) is 50.2 Å². The van der Waals surface area contributed by atoms with Gasteiger partial charge in [-0.1, -0.05) is 48.5 Å². The van der Waals surface area contributed by atoms with E-state index in [2.05, 4.69) is 37.1 Å². The molecule has 5 nitrogen and oxygen atoms in total. The summed E-state index contributed by atoms with van der Waals surface area (Å²) in [7, 11) is 0. The molecule has 6 rings (SSSR count). The van der Waals surface area contributed by atoms with Crippen molar-refractivity contribution < 1.29 is 0 Å². The van der Waals surface area contributed by atoms with Crippen molar-refractivity contribution in [1.29, 1.82) is 0 Å². The van der Waals surface area contributed by atoms with Crippen molar-refractivity contribution in [2.24, 2.45) is 0 Å². The van der Waals surface area contributed by atoms with E-state index in [-0.39, 0.29) is 0 Å². The van der Waals surface area contributed by atoms with Crippen LogP contribution in [-0.2, 0) is 0 Å². The second-order valence-electron chi connectivity index (χ2n) is 7.19. The van der Waals surface area contributed by atoms with E-state index in [4.69, 9.17) is 0 Å². The molecule has 0 unspecified atom stereocenters. The molecule has 3 aromatic heterocycles. The number of pyridine rings is 1. The maximum atomic E-state index is 4.38. The van der Waals surface area contributed by atoms with Gasteiger partial charge in [-0.25, -0.2) is 4.98 Å². The number of hydrogen-bond acceptors (Lipinski definition) is 5. The van der Waals surface area contributed by atoms with Gasteiger partial charge < -0.3 is 0 Å². The normalized spacial score (nSPS) is 10.2. The van der Waals surface area contributed by atoms with Crippen LogP contribution < -0.4 is 0 Å². The summed E-state index contributed by atoms with van der Waals surface area (Å²) in [5.41, 5.74) is 6.93. The van der Waals surface area contributed by atoms with Crippen LogP contribution in [0, 0.1) is 13.8 Å². The Hall–Kier alpha value is -4.25. The molecule has 0 fully saturated rings. The number of benzene rings is 3. The van der Waals surface area contributed by atoms with E-state index in [9.17, 15) is 0 Å². The van der Waals surface area contributed by atoms with Crippen LogP contribution in [0.2, 0.25) is 0 Å². The molecule has 3 heterocycles. The van der Waals surface area contributed by atoms with Crippen molar-refractivity contribution in [3.63, 3.8) is 0 Å². The minimum atomic E-state index is 0.949. The summed E-state index contributed by atoms with van der Waals surface area (Å²) < 4.78 is 0. The lowest BCUT2D eigenvalue weighted by Crippen LogP contribution is -1.85. The molecule has 0 saturated carbocycles. The number of aromatic nitrogens is 5. The summed E-state index contributed by atoms with van der Waals surface area (Å²) in [6.45, 7) is 3.95. The Morgan fingerprint density at radius 1 is 0.438 bits per heavy atom. The molecule has 0 spiro atoms. The molecule has 0 bridgehead atoms. The summed E-state index contributed by atoms with van der Waals surface area (Å²) in [6, 6.07) is 27.9. The van der Waals surface area contributed by atoms with E-state index < -0.39 is 0 Å². The zero-order valence-corrected chi connectivity index (χ0v) is 18.1. The molecule has 0 aliphatic heterocycles. The predicted molar refractivity (Wildman–Crippen MR) is 130 cm³/mol. The highest BCUT2D eigenvalue weighted by molar-refractivity contribution is 5.78. The largest absolute Gasteiger partial charge is 0.253 e. The van der Waals surface area contributed by atoms with Crippen LogP contribution in [0.15, 0.2) is 104 Å². The Morgan fingerprint density at radius 3 is 1.59 bits per heavy atom. The van der Waals surface area contributed by atoms with Crippen molar-refractivity contribution >= 4 is 33.0 Å². The van der Waals surface area contributed by atoms with Gasteiger partial charge >= 0.3 is 0 Å². The first-order chi connectivity index (χ1) is 15.7. The SMILES string of the molecule is Cc1ccc2ccccc2n1.Cc1cnc2ccccc2n1.c1ccc2nccnc2c1. The van der Waals surface area contributed by atoms with E-state index >= 15 is 0 Å². The molecular formula is C27H23N5. The van der Waals surface area contributed by atoms with Crippen molar-refractivity contribution in [3.8, 4) is 0 Å². The molecule has 0 radical (unpaired) electrons. The average Bonchev–Trinajstić information content (AvgIpc) is 2.85. The lowest BCUT2D eigenvalue weighted by Gasteiger charge is -1.95. The maximum absolute atomic E-state index is 4.38. The minimum Gasteiger partial charge on any atom is -0.253 e. The fraction of sp³-hybridized carbons (Fsp3) is 0.0741. The quantitative estimate of drug-likeness (QED) is 0.298. The third-order valence-electron chi connectivity index (χ3n) is 4.68. The minimum absolute atomic E-state index is 0.949. The van der Waals surface area contributed by atoms with Gasteiger partial charge in [0.2, 0.25) is 0 Å². The highest BCUT2D eigenvalue weighted by atomic mass is 14.8. The molecule has 156 valence electrons. The van der Waals surface area contributed by atoms with Gasteiger partial charge in [0.25, 0.3) is 0 Å². The standard InChI is InChI=1S/C10H9N.C9H8N2.C8H6N2/c1-8-6-7-9-4-2-3-5-10(9)11-8;1-7-6-10-8-4-2-3-5-9(8)11-7;1-2-4-8-7(3-1)9-5-6-10-8/h2-7H,1H3;2-6H,1H3;1-6H. The first-order valence-corrected chi connectivity index (χ1v) is 10.4. The Kier molecular flexibility index (Phi) is 6.68. The third kappa shape index (κ3) is 5.46. The van der Waals surface area contributed by atoms with Crippen LogP contribution in [0.4, 0.5) is 0 Å². The smallest absolute Gasteiger partial charge is 0.0889 e. The summed E-state index contributed by atoms with van der Waals surface area (Å²) in [6.07, 6.45) is 5.17. The van der Waals surface area contributed by atoms with E-state index in [0.717, 1.165) is 39.0 Å². The van der Waals surface area contributed by atoms with E-state index in [1.807, 2.05) is 86.6 Å². The van der Waals surface area contributed by atoms with Gasteiger partial charge in [-0.2, -0.15) is 0 Å². The maximum Gasteiger partial charge on any atom is 0.0889 e. The van der Waals surface area contributed by atoms with Crippen molar-refractivity contribution in [2.45, 2.75) is 13.8 Å². The fourth-order valence-electron chi connectivity index (χ4n) is 3.13. The summed E-state index contributed by atoms with van der Waals surface area (Å²) >= 11 is 0. The molecule has 0 aliphatic rings. The van der Waals surface area contributed by atoms with Crippen molar-refractivity contribution in [3.05, 3.63) is 115 Å². The van der Waals surface area contributed by atoms with Crippen LogP contribution in [0.1, 0.15) is 11.4 Å². The van der Waals surface area contributed by atoms with Crippen LogP contribution >= 0.6 is 0 Å². The number of aryl methyl sites for hydroxylation is 2. The number of nitrogens with zero attached hydrogens (tertiary/aromatic N) is 5. The third-order valence-corrected chi connectivity index (χ3v) is 4.68. The fourth-order valence-corrected chi connectivity index (χ4v) is 3.13. The lowest BCUT2D eigenvalue weighted by atomic mass is 10.2. The van der Waals surface area contributed by atoms with Gasteiger partial charge in [0, 0.05) is 29.7 Å². The van der Waals surface area contributed by atoms with Gasteiger partial charge in [0.1, 0.15) is 0 Å². The van der Waals surface area contributed by atoms with Crippen LogP contribution in [-0.4, -0.2) is 24.9 Å². The molecule has 32 heavy (non-hydrogen) atoms. The molecule has 0 amide bonds. The molecule has 0 saturated heterocycles. The van der Waals surface area contributed by atoms with Crippen LogP contribution in [0.5, 0.6) is 0 Å². The topological polar surface area (TPSA) is 64.5 Å².